The van der Waals surface area contributed by atoms with Gasteiger partial charge < -0.3 is 10.6 Å². The summed E-state index contributed by atoms with van der Waals surface area (Å²) in [6.07, 6.45) is 6.64. The topological polar surface area (TPSA) is 76.0 Å². The van der Waals surface area contributed by atoms with E-state index in [0.29, 0.717) is 17.1 Å². The Hall–Kier alpha value is -2.57. The minimum Gasteiger partial charge on any atom is -0.346 e. The smallest absolute Gasteiger partial charge is 0.237 e. The molecular weight excluding hydrogens is 435 g/mol. The van der Waals surface area contributed by atoms with Crippen molar-refractivity contribution in [1.82, 2.24) is 15.1 Å². The standard InChI is InChI=1S/C23H22Cl2N4O2/c1-12-8-19(29(2)28-12)21-23(16-7-6-15(25)10-18(16)26-22(23)31)17(11-20(30)27-21)13-4-3-5-14(24)9-13/h3-8,10,13,17,21H,9,11H2,1-2H3,(H,26,31)(H,27,30)/t13?,17-,21+,23-/m0/s1. The molecule has 0 radical (unpaired) electrons. The van der Waals surface area contributed by atoms with Crippen molar-refractivity contribution in [2.45, 2.75) is 31.2 Å². The van der Waals surface area contributed by atoms with E-state index in [0.717, 1.165) is 22.0 Å². The molecule has 2 aliphatic heterocycles. The van der Waals surface area contributed by atoms with Gasteiger partial charge in [-0.2, -0.15) is 5.10 Å². The van der Waals surface area contributed by atoms with Gasteiger partial charge in [-0.25, -0.2) is 0 Å². The fourth-order valence-corrected chi connectivity index (χ4v) is 5.95. The van der Waals surface area contributed by atoms with Gasteiger partial charge in [-0.1, -0.05) is 41.4 Å². The van der Waals surface area contributed by atoms with Crippen LogP contribution in [0.3, 0.4) is 0 Å². The number of hydrogen-bond acceptors (Lipinski definition) is 3. The summed E-state index contributed by atoms with van der Waals surface area (Å²) in [5.74, 6) is -0.582. The molecule has 8 heteroatoms. The largest absolute Gasteiger partial charge is 0.346 e. The van der Waals surface area contributed by atoms with Crippen LogP contribution in [0.4, 0.5) is 5.69 Å². The molecule has 1 aromatic carbocycles. The first-order chi connectivity index (χ1) is 14.8. The van der Waals surface area contributed by atoms with Crippen LogP contribution in [0.1, 0.15) is 35.8 Å². The number of nitrogens with zero attached hydrogens (tertiary/aromatic N) is 2. The lowest BCUT2D eigenvalue weighted by Gasteiger charge is -2.48. The Bertz CT molecular complexity index is 1170. The number of nitrogens with one attached hydrogen (secondary N) is 2. The van der Waals surface area contributed by atoms with Crippen molar-refractivity contribution in [3.05, 3.63) is 69.5 Å². The van der Waals surface area contributed by atoms with E-state index in [1.165, 1.54) is 0 Å². The number of fused-ring (bicyclic) bond motifs is 2. The molecule has 1 aliphatic carbocycles. The van der Waals surface area contributed by atoms with Crippen molar-refractivity contribution in [2.24, 2.45) is 18.9 Å². The van der Waals surface area contributed by atoms with Gasteiger partial charge in [0.25, 0.3) is 0 Å². The predicted octanol–water partition coefficient (Wildman–Crippen LogP) is 4.15. The quantitative estimate of drug-likeness (QED) is 0.712. The molecule has 6 nitrogen and oxygen atoms in total. The maximum absolute atomic E-state index is 13.9. The van der Waals surface area contributed by atoms with Crippen LogP contribution < -0.4 is 10.6 Å². The van der Waals surface area contributed by atoms with Crippen LogP contribution in [0.25, 0.3) is 0 Å². The molecule has 4 atom stereocenters. The van der Waals surface area contributed by atoms with E-state index in [4.69, 9.17) is 23.2 Å². The van der Waals surface area contributed by atoms with E-state index in [1.807, 2.05) is 38.3 Å². The van der Waals surface area contributed by atoms with Crippen molar-refractivity contribution in [3.8, 4) is 0 Å². The van der Waals surface area contributed by atoms with Crippen molar-refractivity contribution in [2.75, 3.05) is 5.32 Å². The normalized spacial score (nSPS) is 29.5. The average Bonchev–Trinajstić information content (AvgIpc) is 3.19. The lowest BCUT2D eigenvalue weighted by Crippen LogP contribution is -2.59. The summed E-state index contributed by atoms with van der Waals surface area (Å²) in [5.41, 5.74) is 2.12. The molecule has 1 saturated heterocycles. The van der Waals surface area contributed by atoms with Crippen molar-refractivity contribution >= 4 is 40.7 Å². The molecule has 160 valence electrons. The highest BCUT2D eigenvalue weighted by molar-refractivity contribution is 6.31. The zero-order chi connectivity index (χ0) is 21.9. The molecule has 1 unspecified atom stereocenters. The molecule has 1 aromatic heterocycles. The Balaban J connectivity index is 1.76. The van der Waals surface area contributed by atoms with Gasteiger partial charge in [0, 0.05) is 29.2 Å². The Morgan fingerprint density at radius 3 is 2.71 bits per heavy atom. The number of carbonyl (C=O) groups is 2. The molecule has 2 N–H and O–H groups in total. The van der Waals surface area contributed by atoms with E-state index in [1.54, 1.807) is 16.8 Å². The summed E-state index contributed by atoms with van der Waals surface area (Å²) >= 11 is 12.6. The van der Waals surface area contributed by atoms with E-state index in [-0.39, 0.29) is 30.1 Å². The molecule has 3 heterocycles. The monoisotopic (exact) mass is 456 g/mol. The lowest BCUT2D eigenvalue weighted by molar-refractivity contribution is -0.135. The number of benzene rings is 1. The van der Waals surface area contributed by atoms with Gasteiger partial charge in [0.05, 0.1) is 17.4 Å². The van der Waals surface area contributed by atoms with Crippen molar-refractivity contribution in [1.29, 1.82) is 0 Å². The summed E-state index contributed by atoms with van der Waals surface area (Å²) in [6.45, 7) is 1.90. The van der Waals surface area contributed by atoms with Crippen LogP contribution in [-0.4, -0.2) is 21.6 Å². The van der Waals surface area contributed by atoms with Gasteiger partial charge in [-0.3, -0.25) is 14.3 Å². The zero-order valence-electron chi connectivity index (χ0n) is 17.2. The van der Waals surface area contributed by atoms with Gasteiger partial charge in [-0.15, -0.1) is 0 Å². The number of aryl methyl sites for hydroxylation is 2. The minimum atomic E-state index is -1.02. The van der Waals surface area contributed by atoms with Gasteiger partial charge >= 0.3 is 0 Å². The maximum Gasteiger partial charge on any atom is 0.237 e. The van der Waals surface area contributed by atoms with Gasteiger partial charge in [-0.05, 0) is 55.0 Å². The van der Waals surface area contributed by atoms with Crippen molar-refractivity contribution < 1.29 is 9.59 Å². The SMILES string of the molecule is Cc1cc([C@H]2NC(=O)C[C@@H](C3C=CC=C(Cl)C3)[C@]23C(=O)Nc2cc(Cl)ccc23)n(C)n1. The summed E-state index contributed by atoms with van der Waals surface area (Å²) in [6, 6.07) is 6.82. The molecule has 3 aliphatic rings. The number of allylic oxidation sites excluding steroid dienone is 4. The second-order valence-corrected chi connectivity index (χ2v) is 9.45. The zero-order valence-corrected chi connectivity index (χ0v) is 18.7. The fraction of sp³-hybridized carbons (Fsp3) is 0.348. The Morgan fingerprint density at radius 1 is 1.19 bits per heavy atom. The highest BCUT2D eigenvalue weighted by Gasteiger charge is 2.62. The van der Waals surface area contributed by atoms with E-state index in [9.17, 15) is 9.59 Å². The predicted molar refractivity (Wildman–Crippen MR) is 120 cm³/mol. The van der Waals surface area contributed by atoms with Gasteiger partial charge in [0.1, 0.15) is 5.41 Å². The maximum atomic E-state index is 13.9. The molecule has 0 saturated carbocycles. The lowest BCUT2D eigenvalue weighted by atomic mass is 9.57. The van der Waals surface area contributed by atoms with Crippen LogP contribution in [0, 0.1) is 18.8 Å². The van der Waals surface area contributed by atoms with E-state index >= 15 is 0 Å². The number of hydrogen-bond donors (Lipinski definition) is 2. The van der Waals surface area contributed by atoms with Crippen LogP contribution in [0.2, 0.25) is 5.02 Å². The number of halogens is 2. The summed E-state index contributed by atoms with van der Waals surface area (Å²) in [4.78, 5) is 26.8. The number of aromatic nitrogens is 2. The number of amides is 2. The van der Waals surface area contributed by atoms with Gasteiger partial charge in [0.15, 0.2) is 0 Å². The number of anilines is 1. The second kappa shape index (κ2) is 7.24. The van der Waals surface area contributed by atoms with Gasteiger partial charge in [0.2, 0.25) is 11.8 Å². The third-order valence-electron chi connectivity index (χ3n) is 6.72. The second-order valence-electron chi connectivity index (χ2n) is 8.52. The molecule has 31 heavy (non-hydrogen) atoms. The highest BCUT2D eigenvalue weighted by Crippen LogP contribution is 2.57. The molecule has 2 aromatic rings. The van der Waals surface area contributed by atoms with Crippen molar-refractivity contribution in [3.63, 3.8) is 0 Å². The first kappa shape index (κ1) is 20.3. The molecule has 0 bridgehead atoms. The minimum absolute atomic E-state index is 0.0623. The molecule has 1 spiro atoms. The van der Waals surface area contributed by atoms with Crippen LogP contribution in [0.15, 0.2) is 47.5 Å². The Labute approximate surface area is 190 Å². The molecule has 2 amide bonds. The van der Waals surface area contributed by atoms with E-state index < -0.39 is 11.5 Å². The third kappa shape index (κ3) is 3.04. The number of piperidine rings is 1. The molecule has 1 fully saturated rings. The fourth-order valence-electron chi connectivity index (χ4n) is 5.53. The summed E-state index contributed by atoms with van der Waals surface area (Å²) in [7, 11) is 1.83. The number of rotatable bonds is 2. The average molecular weight is 457 g/mol. The third-order valence-corrected chi connectivity index (χ3v) is 7.23. The number of carbonyl (C=O) groups excluding carboxylic acids is 2. The molecular formula is C23H22Cl2N4O2. The summed E-state index contributed by atoms with van der Waals surface area (Å²) in [5, 5.41) is 11.9. The highest BCUT2D eigenvalue weighted by atomic mass is 35.5. The first-order valence-electron chi connectivity index (χ1n) is 10.2. The van der Waals surface area contributed by atoms with Crippen LogP contribution >= 0.6 is 23.2 Å². The first-order valence-corrected chi connectivity index (χ1v) is 11.0. The van der Waals surface area contributed by atoms with Crippen LogP contribution in [0.5, 0.6) is 0 Å². The van der Waals surface area contributed by atoms with Crippen LogP contribution in [-0.2, 0) is 22.1 Å². The Kier molecular flexibility index (Phi) is 4.75. The summed E-state index contributed by atoms with van der Waals surface area (Å²) < 4.78 is 1.75. The molecule has 5 rings (SSSR count). The van der Waals surface area contributed by atoms with E-state index in [2.05, 4.69) is 21.8 Å². The Morgan fingerprint density at radius 2 is 2.00 bits per heavy atom.